The van der Waals surface area contributed by atoms with E-state index in [9.17, 15) is 9.00 Å². The number of hydrogen-bond acceptors (Lipinski definition) is 2. The van der Waals surface area contributed by atoms with Crippen molar-refractivity contribution in [2.45, 2.75) is 52.5 Å². The monoisotopic (exact) mass is 388 g/mol. The third-order valence-corrected chi connectivity index (χ3v) is 5.91. The molecule has 1 N–H and O–H groups in total. The fraction of sp³-hybridized carbons (Fsp3) is 0.409. The Balaban J connectivity index is 0.00000364. The molecular formula is C22H32N2O2S. The number of nitrogens with one attached hydrogen (secondary N) is 1. The van der Waals surface area contributed by atoms with Crippen LogP contribution in [-0.4, -0.2) is 28.1 Å². The zero-order valence-electron chi connectivity index (χ0n) is 16.2. The summed E-state index contributed by atoms with van der Waals surface area (Å²) in [5.41, 5.74) is 2.02. The van der Waals surface area contributed by atoms with Gasteiger partial charge >= 0.3 is 0 Å². The van der Waals surface area contributed by atoms with E-state index >= 15 is 0 Å². The molecule has 5 heteroatoms. The van der Waals surface area contributed by atoms with Gasteiger partial charge in [-0.25, -0.2) is 8.93 Å². The Morgan fingerprint density at radius 3 is 2.22 bits per heavy atom. The van der Waals surface area contributed by atoms with Gasteiger partial charge in [-0.15, -0.1) is 0 Å². The first-order valence-electron chi connectivity index (χ1n) is 8.95. The summed E-state index contributed by atoms with van der Waals surface area (Å²) in [6, 6.07) is 15.4. The van der Waals surface area contributed by atoms with Crippen LogP contribution in [0.1, 0.15) is 56.6 Å². The van der Waals surface area contributed by atoms with Crippen molar-refractivity contribution < 1.29 is 9.00 Å². The molecule has 0 saturated heterocycles. The first kappa shape index (κ1) is 23.1. The summed E-state index contributed by atoms with van der Waals surface area (Å²) in [5.74, 6) is -0.0821. The minimum absolute atomic E-state index is 0. The Labute approximate surface area is 166 Å². The zero-order chi connectivity index (χ0) is 19.3. The predicted molar refractivity (Wildman–Crippen MR) is 114 cm³/mol. The van der Waals surface area contributed by atoms with E-state index in [0.717, 1.165) is 11.1 Å². The highest BCUT2D eigenvalue weighted by Gasteiger charge is 2.26. The maximum atomic E-state index is 13.1. The molecule has 2 rings (SSSR count). The Bertz CT molecular complexity index is 784. The highest BCUT2D eigenvalue weighted by Crippen LogP contribution is 2.24. The second-order valence-electron chi connectivity index (χ2n) is 6.84. The molecule has 0 aliphatic rings. The van der Waals surface area contributed by atoms with Gasteiger partial charge in [0, 0.05) is 13.1 Å². The molecule has 0 aromatic heterocycles. The topological polar surface area (TPSA) is 49.4 Å². The number of nitrogens with zero attached hydrogens (tertiary/aromatic N) is 1. The van der Waals surface area contributed by atoms with Crippen molar-refractivity contribution >= 4 is 16.9 Å². The Kier molecular flexibility index (Phi) is 8.38. The van der Waals surface area contributed by atoms with Crippen LogP contribution in [-0.2, 0) is 16.5 Å². The second-order valence-corrected chi connectivity index (χ2v) is 8.02. The Morgan fingerprint density at radius 1 is 1.07 bits per heavy atom. The molecule has 0 bridgehead atoms. The molecule has 0 spiro atoms. The molecule has 1 amide bonds. The van der Waals surface area contributed by atoms with Crippen LogP contribution in [0.2, 0.25) is 0 Å². The van der Waals surface area contributed by atoms with Crippen molar-refractivity contribution in [3.8, 4) is 0 Å². The lowest BCUT2D eigenvalue weighted by Crippen LogP contribution is -2.39. The van der Waals surface area contributed by atoms with Gasteiger partial charge in [-0.05, 0) is 52.3 Å². The van der Waals surface area contributed by atoms with Crippen molar-refractivity contribution in [2.24, 2.45) is 0 Å². The van der Waals surface area contributed by atoms with Crippen LogP contribution >= 0.6 is 0 Å². The van der Waals surface area contributed by atoms with Crippen LogP contribution < -0.4 is 4.72 Å². The first-order valence-corrected chi connectivity index (χ1v) is 10.1. The van der Waals surface area contributed by atoms with E-state index in [1.54, 1.807) is 11.0 Å². The summed E-state index contributed by atoms with van der Waals surface area (Å²) in [7, 11) is -1.51. The van der Waals surface area contributed by atoms with Gasteiger partial charge in [0.15, 0.2) is 0 Å². The van der Waals surface area contributed by atoms with Gasteiger partial charge in [0.05, 0.1) is 16.0 Å². The van der Waals surface area contributed by atoms with Crippen LogP contribution in [0, 0.1) is 6.92 Å². The van der Waals surface area contributed by atoms with Crippen LogP contribution in [0.15, 0.2) is 53.4 Å². The van der Waals surface area contributed by atoms with E-state index in [2.05, 4.69) is 4.72 Å². The normalized spacial score (nSPS) is 12.2. The van der Waals surface area contributed by atoms with Gasteiger partial charge in [0.25, 0.3) is 5.91 Å². The van der Waals surface area contributed by atoms with Crippen molar-refractivity contribution in [2.75, 3.05) is 13.1 Å². The summed E-state index contributed by atoms with van der Waals surface area (Å²) in [6.07, 6.45) is 0. The number of amides is 1. The van der Waals surface area contributed by atoms with Crippen molar-refractivity contribution in [1.29, 1.82) is 0 Å². The zero-order valence-corrected chi connectivity index (χ0v) is 17.0. The van der Waals surface area contributed by atoms with Gasteiger partial charge in [0.2, 0.25) is 0 Å². The molecule has 0 aliphatic carbocycles. The number of benzene rings is 2. The lowest BCUT2D eigenvalue weighted by atomic mass is 9.96. The standard InChI is InChI=1S/C21H28N2O2S.CH4/c1-6-23(7-2)20(24)18-15-16(3)13-14-19(18)26(25)22-21(4,5)17-11-9-8-10-12-17;/h8-15,22H,6-7H2,1-5H3;1H4. The molecule has 2 aromatic carbocycles. The summed E-state index contributed by atoms with van der Waals surface area (Å²) in [4.78, 5) is 15.2. The average molecular weight is 389 g/mol. The molecule has 1 atom stereocenters. The summed E-state index contributed by atoms with van der Waals surface area (Å²) in [6.45, 7) is 11.1. The van der Waals surface area contributed by atoms with Crippen molar-refractivity contribution in [3.05, 3.63) is 65.2 Å². The molecule has 1 unspecified atom stereocenters. The van der Waals surface area contributed by atoms with Crippen LogP contribution in [0.5, 0.6) is 0 Å². The smallest absolute Gasteiger partial charge is 0.255 e. The highest BCUT2D eigenvalue weighted by atomic mass is 32.2. The molecular weight excluding hydrogens is 356 g/mol. The van der Waals surface area contributed by atoms with Crippen LogP contribution in [0.25, 0.3) is 0 Å². The molecule has 0 radical (unpaired) electrons. The van der Waals surface area contributed by atoms with E-state index in [4.69, 9.17) is 0 Å². The van der Waals surface area contributed by atoms with E-state index in [1.165, 1.54) is 0 Å². The SMILES string of the molecule is C.CCN(CC)C(=O)c1cc(C)ccc1S(=O)NC(C)(C)c1ccccc1. The van der Waals surface area contributed by atoms with E-state index < -0.39 is 16.5 Å². The largest absolute Gasteiger partial charge is 0.339 e. The van der Waals surface area contributed by atoms with Crippen molar-refractivity contribution in [3.63, 3.8) is 0 Å². The minimum Gasteiger partial charge on any atom is -0.339 e. The predicted octanol–water partition coefficient (Wildman–Crippen LogP) is 4.66. The van der Waals surface area contributed by atoms with Gasteiger partial charge in [-0.3, -0.25) is 4.79 Å². The third kappa shape index (κ3) is 5.50. The van der Waals surface area contributed by atoms with E-state index in [0.29, 0.717) is 23.5 Å². The van der Waals surface area contributed by atoms with E-state index in [1.807, 2.05) is 77.1 Å². The fourth-order valence-electron chi connectivity index (χ4n) is 2.85. The number of hydrogen-bond donors (Lipinski definition) is 1. The molecule has 0 heterocycles. The summed E-state index contributed by atoms with van der Waals surface area (Å²) >= 11 is 0. The Morgan fingerprint density at radius 2 is 1.67 bits per heavy atom. The number of carbonyl (C=O) groups excluding carboxylic acids is 1. The Hall–Kier alpha value is -1.98. The van der Waals surface area contributed by atoms with Gasteiger partial charge in [-0.2, -0.15) is 0 Å². The summed E-state index contributed by atoms with van der Waals surface area (Å²) < 4.78 is 16.3. The number of aryl methyl sites for hydroxylation is 1. The first-order chi connectivity index (χ1) is 12.3. The molecule has 0 fully saturated rings. The van der Waals surface area contributed by atoms with Gasteiger partial charge in [-0.1, -0.05) is 49.4 Å². The molecule has 27 heavy (non-hydrogen) atoms. The molecule has 4 nitrogen and oxygen atoms in total. The van der Waals surface area contributed by atoms with Crippen LogP contribution in [0.3, 0.4) is 0 Å². The average Bonchev–Trinajstić information content (AvgIpc) is 2.62. The molecule has 0 aliphatic heterocycles. The fourth-order valence-corrected chi connectivity index (χ4v) is 4.08. The number of carbonyl (C=O) groups is 1. The quantitative estimate of drug-likeness (QED) is 0.750. The van der Waals surface area contributed by atoms with E-state index in [-0.39, 0.29) is 13.3 Å². The molecule has 148 valence electrons. The molecule has 2 aromatic rings. The lowest BCUT2D eigenvalue weighted by molar-refractivity contribution is 0.0769. The van der Waals surface area contributed by atoms with Crippen molar-refractivity contribution in [1.82, 2.24) is 9.62 Å². The van der Waals surface area contributed by atoms with Gasteiger partial charge < -0.3 is 4.90 Å². The lowest BCUT2D eigenvalue weighted by Gasteiger charge is -2.27. The number of rotatable bonds is 7. The minimum atomic E-state index is -1.51. The third-order valence-electron chi connectivity index (χ3n) is 4.46. The second kappa shape index (κ2) is 9.81. The molecule has 0 saturated carbocycles. The summed E-state index contributed by atoms with van der Waals surface area (Å²) in [5, 5.41) is 0. The highest BCUT2D eigenvalue weighted by molar-refractivity contribution is 7.83. The van der Waals surface area contributed by atoms with Crippen LogP contribution in [0.4, 0.5) is 0 Å². The maximum Gasteiger partial charge on any atom is 0.255 e. The van der Waals surface area contributed by atoms with Gasteiger partial charge in [0.1, 0.15) is 11.0 Å². The maximum absolute atomic E-state index is 13.1.